The highest BCUT2D eigenvalue weighted by Crippen LogP contribution is 2.31. The maximum Gasteiger partial charge on any atom is 0.573 e. The van der Waals surface area contributed by atoms with Crippen molar-refractivity contribution in [1.82, 2.24) is 9.62 Å². The van der Waals surface area contributed by atoms with Crippen molar-refractivity contribution in [2.24, 2.45) is 0 Å². The third-order valence-electron chi connectivity index (χ3n) is 7.05. The summed E-state index contributed by atoms with van der Waals surface area (Å²) >= 11 is 0. The second-order valence-corrected chi connectivity index (χ2v) is 12.2. The lowest BCUT2D eigenvalue weighted by molar-refractivity contribution is -0.275. The van der Waals surface area contributed by atoms with E-state index in [0.717, 1.165) is 48.5 Å². The fraction of sp³-hybridized carbons (Fsp3) is 0.379. The number of alkyl halides is 9. The molecule has 1 aliphatic rings. The number of rotatable bonds is 11. The van der Waals surface area contributed by atoms with Crippen LogP contribution in [0, 0.1) is 0 Å². The van der Waals surface area contributed by atoms with Crippen molar-refractivity contribution in [3.8, 4) is 17.2 Å². The molecular weight excluding hydrogens is 675 g/mol. The first kappa shape index (κ1) is 36.1. The number of ether oxygens (including phenoxy) is 3. The second kappa shape index (κ2) is 14.2. The molecule has 3 atom stereocenters. The molecule has 0 bridgehead atoms. The molecule has 0 saturated heterocycles. The highest BCUT2D eigenvalue weighted by atomic mass is 32.2. The van der Waals surface area contributed by atoms with Crippen LogP contribution in [0.1, 0.15) is 30.4 Å². The van der Waals surface area contributed by atoms with Gasteiger partial charge in [0.1, 0.15) is 17.2 Å². The van der Waals surface area contributed by atoms with E-state index in [2.05, 4.69) is 18.9 Å². The Morgan fingerprint density at radius 3 is 1.43 bits per heavy atom. The van der Waals surface area contributed by atoms with Gasteiger partial charge in [-0.05, 0) is 72.5 Å². The molecule has 0 unspecified atom stereocenters. The van der Waals surface area contributed by atoms with Crippen molar-refractivity contribution in [2.45, 2.75) is 74.5 Å². The van der Waals surface area contributed by atoms with Crippen LogP contribution in [-0.2, 0) is 23.1 Å². The van der Waals surface area contributed by atoms with Gasteiger partial charge in [0.05, 0.1) is 11.0 Å². The SMILES string of the molecule is O=S(=O)(N[C@H]1CCC[C@@H](N(Cc2ccc(OC(F)(F)F)cc2)Cc2ccc(OC(F)(F)F)cc2)[C@@H]1O)c1ccc(OC(F)(F)F)cc1. The van der Waals surface area contributed by atoms with Crippen LogP contribution in [0.4, 0.5) is 39.5 Å². The van der Waals surface area contributed by atoms with E-state index < -0.39 is 64.5 Å². The number of hydrogen-bond acceptors (Lipinski definition) is 7. The Morgan fingerprint density at radius 2 is 1.04 bits per heavy atom. The number of halogens is 9. The monoisotopic (exact) mass is 702 g/mol. The summed E-state index contributed by atoms with van der Waals surface area (Å²) in [6.45, 7) is 0.0456. The van der Waals surface area contributed by atoms with Crippen LogP contribution >= 0.6 is 0 Å². The molecule has 0 heterocycles. The lowest BCUT2D eigenvalue weighted by Crippen LogP contribution is -2.56. The number of sulfonamides is 1. The third kappa shape index (κ3) is 11.2. The van der Waals surface area contributed by atoms with Gasteiger partial charge >= 0.3 is 19.1 Å². The fourth-order valence-corrected chi connectivity index (χ4v) is 6.41. The van der Waals surface area contributed by atoms with Crippen molar-refractivity contribution >= 4 is 10.0 Å². The van der Waals surface area contributed by atoms with E-state index in [9.17, 15) is 53.0 Å². The average Bonchev–Trinajstić information content (AvgIpc) is 2.94. The van der Waals surface area contributed by atoms with E-state index in [-0.39, 0.29) is 24.4 Å². The topological polar surface area (TPSA) is 97.3 Å². The molecule has 3 aromatic rings. The van der Waals surface area contributed by atoms with E-state index in [1.807, 2.05) is 0 Å². The molecule has 1 aliphatic carbocycles. The number of aliphatic hydroxyl groups is 1. The molecule has 2 N–H and O–H groups in total. The minimum absolute atomic E-state index is 0.0228. The van der Waals surface area contributed by atoms with Crippen LogP contribution in [0.3, 0.4) is 0 Å². The zero-order chi connectivity index (χ0) is 34.6. The Bertz CT molecular complexity index is 1500. The summed E-state index contributed by atoms with van der Waals surface area (Å²) in [7, 11) is -4.34. The maximum absolute atomic E-state index is 13.1. The largest absolute Gasteiger partial charge is 0.573 e. The number of hydrogen-bond donors (Lipinski definition) is 2. The first-order valence-electron chi connectivity index (χ1n) is 13.8. The summed E-state index contributed by atoms with van der Waals surface area (Å²) in [5.41, 5.74) is 0.959. The Kier molecular flexibility index (Phi) is 10.9. The maximum atomic E-state index is 13.1. The smallest absolute Gasteiger partial charge is 0.406 e. The Balaban J connectivity index is 1.54. The zero-order valence-corrected chi connectivity index (χ0v) is 24.8. The predicted octanol–water partition coefficient (Wildman–Crippen LogP) is 6.65. The van der Waals surface area contributed by atoms with Crippen molar-refractivity contribution in [3.63, 3.8) is 0 Å². The molecule has 0 aliphatic heterocycles. The van der Waals surface area contributed by atoms with Gasteiger partial charge < -0.3 is 19.3 Å². The van der Waals surface area contributed by atoms with Crippen LogP contribution in [0.25, 0.3) is 0 Å². The van der Waals surface area contributed by atoms with Gasteiger partial charge in [0.15, 0.2) is 0 Å². The molecule has 4 rings (SSSR count). The van der Waals surface area contributed by atoms with Gasteiger partial charge in [-0.1, -0.05) is 30.7 Å². The Hall–Kier alpha value is -3.74. The number of benzene rings is 3. The van der Waals surface area contributed by atoms with Crippen molar-refractivity contribution < 1.29 is 67.2 Å². The van der Waals surface area contributed by atoms with E-state index >= 15 is 0 Å². The standard InChI is InChI=1S/C29H27F9N2O6S/c30-27(31,32)44-20-8-4-18(5-9-20)16-40(17-19-6-10-21(11-7-19)45-28(33,34)35)25-3-1-2-24(26(25)41)39-47(42,43)23-14-12-22(13-15-23)46-29(36,37)38/h4-15,24-26,39,41H,1-3,16-17H2/t24-,25+,26+/m0/s1. The lowest BCUT2D eigenvalue weighted by Gasteiger charge is -2.41. The Labute approximate surface area is 262 Å². The molecule has 0 radical (unpaired) electrons. The van der Waals surface area contributed by atoms with Crippen molar-refractivity contribution in [1.29, 1.82) is 0 Å². The van der Waals surface area contributed by atoms with E-state index in [4.69, 9.17) is 0 Å². The molecule has 47 heavy (non-hydrogen) atoms. The number of nitrogens with one attached hydrogen (secondary N) is 1. The summed E-state index contributed by atoms with van der Waals surface area (Å²) in [4.78, 5) is 1.31. The highest BCUT2D eigenvalue weighted by Gasteiger charge is 2.38. The lowest BCUT2D eigenvalue weighted by atomic mass is 9.87. The van der Waals surface area contributed by atoms with E-state index in [1.165, 1.54) is 24.3 Å². The van der Waals surface area contributed by atoms with Gasteiger partial charge in [-0.25, -0.2) is 13.1 Å². The van der Waals surface area contributed by atoms with Crippen LogP contribution in [-0.4, -0.2) is 55.7 Å². The average molecular weight is 703 g/mol. The molecule has 18 heteroatoms. The first-order valence-corrected chi connectivity index (χ1v) is 15.2. The fourth-order valence-electron chi connectivity index (χ4n) is 5.12. The molecule has 0 spiro atoms. The van der Waals surface area contributed by atoms with Crippen molar-refractivity contribution in [3.05, 3.63) is 83.9 Å². The summed E-state index contributed by atoms with van der Waals surface area (Å²) in [6.07, 6.45) is -15.2. The quantitative estimate of drug-likeness (QED) is 0.216. The minimum atomic E-state index is -4.98. The van der Waals surface area contributed by atoms with Crippen LogP contribution in [0.5, 0.6) is 17.2 Å². The normalized spacial score (nSPS) is 19.4. The molecule has 0 amide bonds. The van der Waals surface area contributed by atoms with Crippen LogP contribution < -0.4 is 18.9 Å². The van der Waals surface area contributed by atoms with Crippen molar-refractivity contribution in [2.75, 3.05) is 0 Å². The first-order chi connectivity index (χ1) is 21.8. The molecule has 3 aromatic carbocycles. The molecule has 1 saturated carbocycles. The van der Waals surface area contributed by atoms with Gasteiger partial charge in [-0.15, -0.1) is 39.5 Å². The molecule has 0 aromatic heterocycles. The summed E-state index contributed by atoms with van der Waals surface area (Å²) in [5.74, 6) is -1.59. The van der Waals surface area contributed by atoms with Gasteiger partial charge in [-0.3, -0.25) is 4.90 Å². The van der Waals surface area contributed by atoms with Gasteiger partial charge in [0.2, 0.25) is 10.0 Å². The van der Waals surface area contributed by atoms with E-state index in [1.54, 1.807) is 4.90 Å². The molecular formula is C29H27F9N2O6S. The number of aliphatic hydroxyl groups excluding tert-OH is 1. The van der Waals surface area contributed by atoms with Gasteiger partial charge in [0, 0.05) is 25.2 Å². The summed E-state index contributed by atoms with van der Waals surface area (Å²) in [6, 6.07) is 11.4. The minimum Gasteiger partial charge on any atom is -0.406 e. The molecule has 258 valence electrons. The molecule has 1 fully saturated rings. The second-order valence-electron chi connectivity index (χ2n) is 10.5. The summed E-state index contributed by atoms with van der Waals surface area (Å²) in [5, 5.41) is 11.4. The zero-order valence-electron chi connectivity index (χ0n) is 23.9. The van der Waals surface area contributed by atoms with Gasteiger partial charge in [0.25, 0.3) is 0 Å². The van der Waals surface area contributed by atoms with Crippen LogP contribution in [0.15, 0.2) is 77.7 Å². The molecule has 8 nitrogen and oxygen atoms in total. The van der Waals surface area contributed by atoms with Gasteiger partial charge in [-0.2, -0.15) is 0 Å². The Morgan fingerprint density at radius 1 is 0.660 bits per heavy atom. The highest BCUT2D eigenvalue weighted by molar-refractivity contribution is 7.89. The summed E-state index contributed by atoms with van der Waals surface area (Å²) < 4.78 is 153. The predicted molar refractivity (Wildman–Crippen MR) is 146 cm³/mol. The van der Waals surface area contributed by atoms with Crippen LogP contribution in [0.2, 0.25) is 0 Å². The van der Waals surface area contributed by atoms with E-state index in [0.29, 0.717) is 24.0 Å². The third-order valence-corrected chi connectivity index (χ3v) is 8.56. The number of nitrogens with zero attached hydrogens (tertiary/aromatic N) is 1.